The van der Waals surface area contributed by atoms with Gasteiger partial charge in [-0.15, -0.1) is 0 Å². The number of benzene rings is 2. The highest BCUT2D eigenvalue weighted by Crippen LogP contribution is 2.31. The molecule has 0 fully saturated rings. The molecule has 0 aliphatic heterocycles. The molecule has 0 aliphatic carbocycles. The van der Waals surface area contributed by atoms with Crippen molar-refractivity contribution in [2.75, 3.05) is 6.54 Å². The molecule has 112 valence electrons. The summed E-state index contributed by atoms with van der Waals surface area (Å²) < 4.78 is 15.0. The standard InChI is InChI=1S/C16H15BrCl2FN/c1-2-21-15(16-12(18)4-3-5-14(16)20)8-10-6-7-11(17)9-13(10)19/h3-7,9,15,21H,2,8H2,1H3. The molecular formula is C16H15BrCl2FN. The van der Waals surface area contributed by atoms with E-state index in [-0.39, 0.29) is 11.9 Å². The summed E-state index contributed by atoms with van der Waals surface area (Å²) in [6.45, 7) is 2.69. The van der Waals surface area contributed by atoms with Gasteiger partial charge in [-0.05, 0) is 42.8 Å². The third-order valence-electron chi connectivity index (χ3n) is 3.24. The van der Waals surface area contributed by atoms with Crippen molar-refractivity contribution >= 4 is 39.1 Å². The third kappa shape index (κ3) is 4.19. The van der Waals surface area contributed by atoms with Crippen LogP contribution in [0.25, 0.3) is 0 Å². The van der Waals surface area contributed by atoms with Crippen LogP contribution >= 0.6 is 39.1 Å². The van der Waals surface area contributed by atoms with Crippen molar-refractivity contribution in [3.8, 4) is 0 Å². The largest absolute Gasteiger partial charge is 0.310 e. The van der Waals surface area contributed by atoms with E-state index in [9.17, 15) is 4.39 Å². The lowest BCUT2D eigenvalue weighted by Gasteiger charge is -2.21. The van der Waals surface area contributed by atoms with Gasteiger partial charge >= 0.3 is 0 Å². The SMILES string of the molecule is CCNC(Cc1ccc(Br)cc1Cl)c1c(F)cccc1Cl. The van der Waals surface area contributed by atoms with Gasteiger partial charge in [0, 0.05) is 26.1 Å². The van der Waals surface area contributed by atoms with Crippen LogP contribution in [0.15, 0.2) is 40.9 Å². The molecular weight excluding hydrogens is 376 g/mol. The molecule has 0 aliphatic rings. The maximum absolute atomic E-state index is 14.1. The molecule has 1 N–H and O–H groups in total. The molecule has 1 unspecified atom stereocenters. The Morgan fingerprint density at radius 3 is 2.57 bits per heavy atom. The number of hydrogen-bond acceptors (Lipinski definition) is 1. The number of likely N-dealkylation sites (N-methyl/N-ethyl adjacent to an activating group) is 1. The fraction of sp³-hybridized carbons (Fsp3) is 0.250. The highest BCUT2D eigenvalue weighted by atomic mass is 79.9. The summed E-state index contributed by atoms with van der Waals surface area (Å²) in [6.07, 6.45) is 0.570. The number of rotatable bonds is 5. The Morgan fingerprint density at radius 1 is 1.19 bits per heavy atom. The van der Waals surface area contributed by atoms with Crippen molar-refractivity contribution in [3.63, 3.8) is 0 Å². The molecule has 0 spiro atoms. The zero-order valence-electron chi connectivity index (χ0n) is 11.5. The van der Waals surface area contributed by atoms with E-state index >= 15 is 0 Å². The van der Waals surface area contributed by atoms with Crippen molar-refractivity contribution in [2.45, 2.75) is 19.4 Å². The van der Waals surface area contributed by atoms with E-state index in [1.165, 1.54) is 6.07 Å². The minimum atomic E-state index is -0.304. The van der Waals surface area contributed by atoms with Crippen molar-refractivity contribution < 1.29 is 4.39 Å². The highest BCUT2D eigenvalue weighted by molar-refractivity contribution is 9.10. The average Bonchev–Trinajstić information content (AvgIpc) is 2.41. The van der Waals surface area contributed by atoms with Crippen LogP contribution in [0, 0.1) is 5.82 Å². The molecule has 0 aromatic heterocycles. The Bertz CT molecular complexity index is 613. The van der Waals surface area contributed by atoms with Gasteiger partial charge in [0.1, 0.15) is 5.82 Å². The number of hydrogen-bond donors (Lipinski definition) is 1. The summed E-state index contributed by atoms with van der Waals surface area (Å²) in [6, 6.07) is 10.2. The lowest BCUT2D eigenvalue weighted by Crippen LogP contribution is -2.24. The quantitative estimate of drug-likeness (QED) is 0.681. The van der Waals surface area contributed by atoms with Crippen molar-refractivity contribution in [1.29, 1.82) is 0 Å². The molecule has 1 atom stereocenters. The van der Waals surface area contributed by atoms with E-state index in [4.69, 9.17) is 23.2 Å². The zero-order valence-corrected chi connectivity index (χ0v) is 14.6. The van der Waals surface area contributed by atoms with E-state index in [2.05, 4.69) is 21.2 Å². The van der Waals surface area contributed by atoms with Crippen LogP contribution in [0.4, 0.5) is 4.39 Å². The van der Waals surface area contributed by atoms with Crippen molar-refractivity contribution in [3.05, 3.63) is 67.9 Å². The Kier molecular flexibility index (Phi) is 6.06. The van der Waals surface area contributed by atoms with Crippen molar-refractivity contribution in [1.82, 2.24) is 5.32 Å². The first-order valence-electron chi connectivity index (χ1n) is 6.64. The van der Waals surface area contributed by atoms with E-state index in [1.807, 2.05) is 25.1 Å². The molecule has 2 aromatic carbocycles. The average molecular weight is 391 g/mol. The van der Waals surface area contributed by atoms with E-state index in [1.54, 1.807) is 12.1 Å². The molecule has 21 heavy (non-hydrogen) atoms. The second kappa shape index (κ2) is 7.59. The van der Waals surface area contributed by atoms with Gasteiger partial charge in [0.15, 0.2) is 0 Å². The lowest BCUT2D eigenvalue weighted by molar-refractivity contribution is 0.510. The van der Waals surface area contributed by atoms with Gasteiger partial charge in [-0.1, -0.05) is 58.2 Å². The number of halogens is 4. The van der Waals surface area contributed by atoms with Crippen molar-refractivity contribution in [2.24, 2.45) is 0 Å². The minimum Gasteiger partial charge on any atom is -0.310 e. The second-order valence-electron chi connectivity index (χ2n) is 4.69. The van der Waals surface area contributed by atoms with Gasteiger partial charge in [0.25, 0.3) is 0 Å². The predicted molar refractivity (Wildman–Crippen MR) is 90.7 cm³/mol. The molecule has 0 amide bonds. The van der Waals surface area contributed by atoms with Gasteiger partial charge in [0.2, 0.25) is 0 Å². The molecule has 1 nitrogen and oxygen atoms in total. The Labute approximate surface area is 142 Å². The first kappa shape index (κ1) is 16.8. The number of nitrogens with one attached hydrogen (secondary N) is 1. The van der Waals surface area contributed by atoms with Crippen LogP contribution in [-0.4, -0.2) is 6.54 Å². The highest BCUT2D eigenvalue weighted by Gasteiger charge is 2.19. The van der Waals surface area contributed by atoms with Gasteiger partial charge < -0.3 is 5.32 Å². The van der Waals surface area contributed by atoms with Gasteiger partial charge in [-0.2, -0.15) is 0 Å². The molecule has 0 heterocycles. The molecule has 2 aromatic rings. The lowest BCUT2D eigenvalue weighted by atomic mass is 9.98. The summed E-state index contributed by atoms with van der Waals surface area (Å²) >= 11 is 15.8. The molecule has 0 radical (unpaired) electrons. The Balaban J connectivity index is 2.35. The van der Waals surface area contributed by atoms with Gasteiger partial charge in [0.05, 0.1) is 0 Å². The zero-order chi connectivity index (χ0) is 15.4. The van der Waals surface area contributed by atoms with Crippen LogP contribution in [0.5, 0.6) is 0 Å². The third-order valence-corrected chi connectivity index (χ3v) is 4.41. The maximum atomic E-state index is 14.1. The van der Waals surface area contributed by atoms with Gasteiger partial charge in [-0.3, -0.25) is 0 Å². The second-order valence-corrected chi connectivity index (χ2v) is 6.42. The van der Waals surface area contributed by atoms with Crippen LogP contribution in [0.1, 0.15) is 24.1 Å². The summed E-state index contributed by atoms with van der Waals surface area (Å²) in [7, 11) is 0. The van der Waals surface area contributed by atoms with E-state index < -0.39 is 0 Å². The summed E-state index contributed by atoms with van der Waals surface area (Å²) in [5, 5.41) is 4.35. The first-order valence-corrected chi connectivity index (χ1v) is 8.19. The van der Waals surface area contributed by atoms with Crippen LogP contribution in [0.3, 0.4) is 0 Å². The van der Waals surface area contributed by atoms with Gasteiger partial charge in [-0.25, -0.2) is 4.39 Å². The molecule has 0 saturated carbocycles. The van der Waals surface area contributed by atoms with Crippen LogP contribution < -0.4 is 5.32 Å². The predicted octanol–water partition coefficient (Wildman–Crippen LogP) is 5.79. The molecule has 5 heteroatoms. The van der Waals surface area contributed by atoms with E-state index in [0.717, 1.165) is 10.0 Å². The fourth-order valence-electron chi connectivity index (χ4n) is 2.27. The van der Waals surface area contributed by atoms with Crippen LogP contribution in [0.2, 0.25) is 10.0 Å². The normalized spacial score (nSPS) is 12.4. The summed E-state index contributed by atoms with van der Waals surface area (Å²) in [5.41, 5.74) is 1.44. The Morgan fingerprint density at radius 2 is 1.95 bits per heavy atom. The van der Waals surface area contributed by atoms with Crippen LogP contribution in [-0.2, 0) is 6.42 Å². The summed E-state index contributed by atoms with van der Waals surface area (Å²) in [5.74, 6) is -0.304. The molecule has 2 rings (SSSR count). The smallest absolute Gasteiger partial charge is 0.129 e. The van der Waals surface area contributed by atoms with E-state index in [0.29, 0.717) is 28.6 Å². The first-order chi connectivity index (χ1) is 10.0. The minimum absolute atomic E-state index is 0.220. The maximum Gasteiger partial charge on any atom is 0.129 e. The fourth-order valence-corrected chi connectivity index (χ4v) is 3.32. The Hall–Kier alpha value is -0.610. The summed E-state index contributed by atoms with van der Waals surface area (Å²) in [4.78, 5) is 0. The monoisotopic (exact) mass is 389 g/mol. The topological polar surface area (TPSA) is 12.0 Å². The molecule has 0 saturated heterocycles. The molecule has 0 bridgehead atoms.